The van der Waals surface area contributed by atoms with Crippen molar-refractivity contribution in [3.63, 3.8) is 0 Å². The van der Waals surface area contributed by atoms with Gasteiger partial charge < -0.3 is 20.4 Å². The molecular formula is C25H28ClN5OS2. The van der Waals surface area contributed by atoms with Crippen LogP contribution < -0.4 is 15.5 Å². The smallest absolute Gasteiger partial charge is 0.271 e. The van der Waals surface area contributed by atoms with Gasteiger partial charge in [-0.1, -0.05) is 23.7 Å². The topological polar surface area (TPSA) is 60.5 Å². The van der Waals surface area contributed by atoms with Gasteiger partial charge in [-0.3, -0.25) is 4.79 Å². The molecule has 0 unspecified atom stereocenters. The van der Waals surface area contributed by atoms with Crippen molar-refractivity contribution in [2.75, 3.05) is 37.4 Å². The number of hydrogen-bond acceptors (Lipinski definition) is 5. The third-order valence-corrected chi connectivity index (χ3v) is 7.51. The van der Waals surface area contributed by atoms with Crippen molar-refractivity contribution in [3.05, 3.63) is 75.2 Å². The highest BCUT2D eigenvalue weighted by Gasteiger charge is 2.25. The Morgan fingerprint density at radius 1 is 1.15 bits per heavy atom. The Bertz CT molecular complexity index is 1120. The summed E-state index contributed by atoms with van der Waals surface area (Å²) in [5, 5.41) is 10.6. The number of likely N-dealkylation sites (tertiary alicyclic amines) is 1. The maximum Gasteiger partial charge on any atom is 0.271 e. The van der Waals surface area contributed by atoms with E-state index < -0.39 is 0 Å². The van der Waals surface area contributed by atoms with E-state index in [9.17, 15) is 4.79 Å². The van der Waals surface area contributed by atoms with E-state index in [0.717, 1.165) is 53.0 Å². The maximum absolute atomic E-state index is 12.5. The number of piperidine rings is 1. The largest absolute Gasteiger partial charge is 0.378 e. The van der Waals surface area contributed by atoms with Crippen LogP contribution in [0.5, 0.6) is 0 Å². The second-order valence-electron chi connectivity index (χ2n) is 8.51. The van der Waals surface area contributed by atoms with Crippen LogP contribution >= 0.6 is 35.2 Å². The molecule has 9 heteroatoms. The predicted octanol–water partition coefficient (Wildman–Crippen LogP) is 5.37. The number of thiocarbonyl (C=S) groups is 1. The molecule has 2 N–H and O–H groups in total. The molecule has 1 saturated heterocycles. The first-order valence-electron chi connectivity index (χ1n) is 11.2. The van der Waals surface area contributed by atoms with E-state index in [1.807, 2.05) is 55.9 Å². The molecule has 0 spiro atoms. The highest BCUT2D eigenvalue weighted by atomic mass is 35.5. The van der Waals surface area contributed by atoms with E-state index in [2.05, 4.69) is 37.6 Å². The summed E-state index contributed by atoms with van der Waals surface area (Å²) < 4.78 is 0. The molecule has 0 aliphatic carbocycles. The second-order valence-corrected chi connectivity index (χ2v) is 10.2. The summed E-state index contributed by atoms with van der Waals surface area (Å²) in [4.78, 5) is 21.4. The zero-order chi connectivity index (χ0) is 24.1. The van der Waals surface area contributed by atoms with Crippen molar-refractivity contribution in [2.45, 2.75) is 25.3 Å². The Balaban J connectivity index is 1.25. The minimum atomic E-state index is -0.152. The van der Waals surface area contributed by atoms with Crippen LogP contribution in [0, 0.1) is 0 Å². The highest BCUT2D eigenvalue weighted by Crippen LogP contribution is 2.30. The lowest BCUT2D eigenvalue weighted by molar-refractivity contribution is 0.0946. The average molecular weight is 514 g/mol. The number of carbonyl (C=O) groups excluding carboxylic acids is 1. The van der Waals surface area contributed by atoms with Crippen LogP contribution in [0.2, 0.25) is 5.02 Å². The number of amides is 1. The molecule has 1 amide bonds. The minimum Gasteiger partial charge on any atom is -0.378 e. The lowest BCUT2D eigenvalue weighted by Gasteiger charge is -2.33. The van der Waals surface area contributed by atoms with Gasteiger partial charge in [-0.15, -0.1) is 11.3 Å². The van der Waals surface area contributed by atoms with Gasteiger partial charge >= 0.3 is 0 Å². The number of halogens is 1. The summed E-state index contributed by atoms with van der Waals surface area (Å²) in [7, 11) is 4.05. The van der Waals surface area contributed by atoms with Crippen LogP contribution in [0.1, 0.15) is 39.8 Å². The van der Waals surface area contributed by atoms with Gasteiger partial charge in [-0.25, -0.2) is 4.98 Å². The lowest BCUT2D eigenvalue weighted by atomic mass is 9.98. The van der Waals surface area contributed by atoms with Crippen LogP contribution in [0.4, 0.5) is 11.4 Å². The summed E-state index contributed by atoms with van der Waals surface area (Å²) in [6, 6.07) is 15.7. The fourth-order valence-electron chi connectivity index (χ4n) is 3.83. The third kappa shape index (κ3) is 6.25. The van der Waals surface area contributed by atoms with E-state index in [4.69, 9.17) is 23.8 Å². The zero-order valence-corrected chi connectivity index (χ0v) is 21.6. The fourth-order valence-corrected chi connectivity index (χ4v) is 5.23. The number of hydrogen-bond donors (Lipinski definition) is 2. The maximum atomic E-state index is 12.5. The molecule has 3 aromatic rings. The Labute approximate surface area is 214 Å². The predicted molar refractivity (Wildman–Crippen MR) is 145 cm³/mol. The fraction of sp³-hybridized carbons (Fsp3) is 0.320. The van der Waals surface area contributed by atoms with Crippen molar-refractivity contribution < 1.29 is 4.79 Å². The van der Waals surface area contributed by atoms with Crippen LogP contribution in [0.25, 0.3) is 0 Å². The number of thiazole rings is 1. The van der Waals surface area contributed by atoms with Gasteiger partial charge in [0.2, 0.25) is 0 Å². The molecule has 0 atom stereocenters. The first-order valence-corrected chi connectivity index (χ1v) is 12.9. The Morgan fingerprint density at radius 2 is 1.82 bits per heavy atom. The van der Waals surface area contributed by atoms with Crippen molar-refractivity contribution in [3.8, 4) is 0 Å². The van der Waals surface area contributed by atoms with Crippen molar-refractivity contribution in [2.24, 2.45) is 0 Å². The Morgan fingerprint density at radius 3 is 2.47 bits per heavy atom. The molecule has 1 aliphatic heterocycles. The van der Waals surface area contributed by atoms with Crippen molar-refractivity contribution >= 4 is 57.5 Å². The molecule has 4 rings (SSSR count). The standard InChI is InChI=1S/C25H28ClN5OS2/c1-30(2)21-9-7-20(8-10-21)28-25(33)31-13-11-18(12-14-31)24-29-22(16-34-24)23(32)27-15-17-3-5-19(26)6-4-17/h3-10,16,18H,11-15H2,1-2H3,(H,27,32)(H,28,33). The zero-order valence-electron chi connectivity index (χ0n) is 19.3. The highest BCUT2D eigenvalue weighted by molar-refractivity contribution is 7.80. The molecule has 1 fully saturated rings. The molecule has 1 aliphatic rings. The normalized spacial score (nSPS) is 14.0. The van der Waals surface area contributed by atoms with Gasteiger partial charge in [0.1, 0.15) is 5.69 Å². The summed E-state index contributed by atoms with van der Waals surface area (Å²) >= 11 is 13.1. The number of benzene rings is 2. The number of aromatic nitrogens is 1. The Hall–Kier alpha value is -2.68. The number of nitrogens with one attached hydrogen (secondary N) is 2. The van der Waals surface area contributed by atoms with E-state index in [0.29, 0.717) is 23.2 Å². The number of nitrogens with zero attached hydrogens (tertiary/aromatic N) is 3. The molecule has 0 bridgehead atoms. The van der Waals surface area contributed by atoms with Crippen LogP contribution in [0.15, 0.2) is 53.9 Å². The number of anilines is 2. The average Bonchev–Trinajstić information content (AvgIpc) is 3.34. The molecule has 178 valence electrons. The van der Waals surface area contributed by atoms with Gasteiger partial charge in [0.15, 0.2) is 5.11 Å². The molecule has 1 aromatic heterocycles. The van der Waals surface area contributed by atoms with Crippen LogP contribution in [-0.4, -0.2) is 48.1 Å². The Kier molecular flexibility index (Phi) is 8.03. The van der Waals surface area contributed by atoms with Crippen molar-refractivity contribution in [1.82, 2.24) is 15.2 Å². The summed E-state index contributed by atoms with van der Waals surface area (Å²) in [6.07, 6.45) is 1.92. The van der Waals surface area contributed by atoms with E-state index in [-0.39, 0.29) is 5.91 Å². The van der Waals surface area contributed by atoms with E-state index in [1.54, 1.807) is 11.3 Å². The van der Waals surface area contributed by atoms with Gasteiger partial charge in [0, 0.05) is 61.4 Å². The first-order chi connectivity index (χ1) is 16.4. The lowest BCUT2D eigenvalue weighted by Crippen LogP contribution is -2.40. The molecule has 2 aromatic carbocycles. The SMILES string of the molecule is CN(C)c1ccc(NC(=S)N2CCC(c3nc(C(=O)NCc4ccc(Cl)cc4)cs3)CC2)cc1. The van der Waals surface area contributed by atoms with E-state index in [1.165, 1.54) is 0 Å². The monoisotopic (exact) mass is 513 g/mol. The molecular weight excluding hydrogens is 486 g/mol. The summed E-state index contributed by atoms with van der Waals surface area (Å²) in [5.74, 6) is 0.196. The number of rotatable bonds is 6. The molecule has 34 heavy (non-hydrogen) atoms. The van der Waals surface area contributed by atoms with Gasteiger partial charge in [0.05, 0.1) is 5.01 Å². The van der Waals surface area contributed by atoms with Gasteiger partial charge in [0.25, 0.3) is 5.91 Å². The number of carbonyl (C=O) groups is 1. The molecule has 0 saturated carbocycles. The van der Waals surface area contributed by atoms with Crippen LogP contribution in [0.3, 0.4) is 0 Å². The second kappa shape index (κ2) is 11.2. The summed E-state index contributed by atoms with van der Waals surface area (Å²) in [5.41, 5.74) is 3.62. The first kappa shape index (κ1) is 24.4. The van der Waals surface area contributed by atoms with Crippen molar-refractivity contribution in [1.29, 1.82) is 0 Å². The van der Waals surface area contributed by atoms with Crippen LogP contribution in [-0.2, 0) is 6.54 Å². The molecule has 2 heterocycles. The summed E-state index contributed by atoms with van der Waals surface area (Å²) in [6.45, 7) is 2.18. The van der Waals surface area contributed by atoms with Gasteiger partial charge in [-0.05, 0) is 67.0 Å². The third-order valence-electron chi connectivity index (χ3n) is 5.89. The van der Waals surface area contributed by atoms with Gasteiger partial charge in [-0.2, -0.15) is 0 Å². The minimum absolute atomic E-state index is 0.152. The molecule has 6 nitrogen and oxygen atoms in total. The van der Waals surface area contributed by atoms with E-state index >= 15 is 0 Å². The quantitative estimate of drug-likeness (QED) is 0.432. The molecule has 0 radical (unpaired) electrons.